The van der Waals surface area contributed by atoms with Gasteiger partial charge < -0.3 is 19.1 Å². The molecular formula is C30H32N2O5. The number of ether oxygens (including phenoxy) is 3. The molecule has 0 N–H and O–H groups in total. The van der Waals surface area contributed by atoms with E-state index in [1.807, 2.05) is 75.4 Å². The van der Waals surface area contributed by atoms with Gasteiger partial charge >= 0.3 is 12.1 Å². The van der Waals surface area contributed by atoms with Crippen molar-refractivity contribution in [3.8, 4) is 11.8 Å². The van der Waals surface area contributed by atoms with Crippen LogP contribution in [0.1, 0.15) is 49.8 Å². The molecule has 1 heterocycles. The second kappa shape index (κ2) is 10.9. The van der Waals surface area contributed by atoms with E-state index in [-0.39, 0.29) is 18.2 Å². The number of rotatable bonds is 6. The van der Waals surface area contributed by atoms with Crippen LogP contribution in [0, 0.1) is 11.3 Å². The molecule has 1 unspecified atom stereocenters. The molecule has 1 saturated heterocycles. The number of hydrogen-bond donors (Lipinski definition) is 0. The van der Waals surface area contributed by atoms with E-state index in [4.69, 9.17) is 14.2 Å². The van der Waals surface area contributed by atoms with E-state index in [1.54, 1.807) is 11.0 Å². The number of carbonyl (C=O) groups is 2. The number of methoxy groups -OCH3 is 1. The van der Waals surface area contributed by atoms with E-state index in [1.165, 1.54) is 7.11 Å². The van der Waals surface area contributed by atoms with Crippen LogP contribution in [0.4, 0.5) is 4.79 Å². The van der Waals surface area contributed by atoms with E-state index in [9.17, 15) is 14.9 Å². The van der Waals surface area contributed by atoms with Crippen molar-refractivity contribution in [3.63, 3.8) is 0 Å². The first-order chi connectivity index (χ1) is 17.6. The molecule has 7 nitrogen and oxygen atoms in total. The van der Waals surface area contributed by atoms with E-state index < -0.39 is 11.5 Å². The summed E-state index contributed by atoms with van der Waals surface area (Å²) in [6, 6.07) is 21.2. The molecule has 7 heteroatoms. The van der Waals surface area contributed by atoms with Crippen molar-refractivity contribution in [1.29, 1.82) is 5.26 Å². The zero-order valence-electron chi connectivity index (χ0n) is 21.7. The molecule has 37 heavy (non-hydrogen) atoms. The van der Waals surface area contributed by atoms with Crippen LogP contribution >= 0.6 is 0 Å². The number of likely N-dealkylation sites (tertiary alicyclic amines) is 1. The third-order valence-corrected chi connectivity index (χ3v) is 6.34. The largest absolute Gasteiger partial charge is 0.489 e. The maximum atomic E-state index is 12.7. The normalized spacial score (nSPS) is 16.2. The molecule has 2 atom stereocenters. The van der Waals surface area contributed by atoms with Gasteiger partial charge in [0, 0.05) is 13.0 Å². The number of carbonyl (C=O) groups excluding carboxylic acids is 2. The lowest BCUT2D eigenvalue weighted by Gasteiger charge is -2.24. The molecule has 0 bridgehead atoms. The fourth-order valence-electron chi connectivity index (χ4n) is 4.50. The highest BCUT2D eigenvalue weighted by Gasteiger charge is 2.31. The van der Waals surface area contributed by atoms with Gasteiger partial charge in [-0.1, -0.05) is 36.4 Å². The fraction of sp³-hybridized carbons (Fsp3) is 0.367. The van der Waals surface area contributed by atoms with Crippen LogP contribution < -0.4 is 4.74 Å². The topological polar surface area (TPSA) is 88.9 Å². The predicted molar refractivity (Wildman–Crippen MR) is 140 cm³/mol. The zero-order valence-corrected chi connectivity index (χ0v) is 21.7. The van der Waals surface area contributed by atoms with Crippen LogP contribution in [0.2, 0.25) is 0 Å². The molecule has 0 aromatic heterocycles. The van der Waals surface area contributed by atoms with E-state index in [2.05, 4.69) is 6.07 Å². The molecular weight excluding hydrogens is 468 g/mol. The van der Waals surface area contributed by atoms with Crippen molar-refractivity contribution in [2.75, 3.05) is 20.2 Å². The van der Waals surface area contributed by atoms with Gasteiger partial charge in [0.25, 0.3) is 0 Å². The zero-order chi connectivity index (χ0) is 26.6. The minimum Gasteiger partial charge on any atom is -0.489 e. The number of nitriles is 1. The van der Waals surface area contributed by atoms with Gasteiger partial charge in [0.1, 0.15) is 17.5 Å². The molecule has 3 aromatic rings. The average Bonchev–Trinajstić information content (AvgIpc) is 3.34. The molecule has 0 radical (unpaired) electrons. The molecule has 4 rings (SSSR count). The third kappa shape index (κ3) is 6.59. The van der Waals surface area contributed by atoms with Crippen LogP contribution in [0.15, 0.2) is 60.7 Å². The number of fused-ring (bicyclic) bond motifs is 1. The summed E-state index contributed by atoms with van der Waals surface area (Å²) in [4.78, 5) is 26.7. The quantitative estimate of drug-likeness (QED) is 0.410. The molecule has 1 amide bonds. The molecule has 1 aliphatic heterocycles. The van der Waals surface area contributed by atoms with Gasteiger partial charge in [-0.3, -0.25) is 4.79 Å². The van der Waals surface area contributed by atoms with Crippen LogP contribution in [-0.2, 0) is 20.7 Å². The first-order valence-corrected chi connectivity index (χ1v) is 12.4. The summed E-state index contributed by atoms with van der Waals surface area (Å²) >= 11 is 0. The Hall–Kier alpha value is -4.05. The fourth-order valence-corrected chi connectivity index (χ4v) is 4.50. The second-order valence-electron chi connectivity index (χ2n) is 10.3. The Kier molecular flexibility index (Phi) is 7.68. The predicted octanol–water partition coefficient (Wildman–Crippen LogP) is 5.60. The van der Waals surface area contributed by atoms with Crippen LogP contribution in [0.3, 0.4) is 0 Å². The first kappa shape index (κ1) is 26.0. The standard InChI is InChI=1S/C30H32N2O5/c1-30(2,3)37-29(34)32-14-13-26(19-32)36-25-11-9-23(10-12-25)27(28(33)35-4)17-20-5-7-22-8-6-21(18-31)16-24(22)15-20/h5-12,15-16,26-27H,13-14,17,19H2,1-4H3/t26-,27?/m0/s1. The maximum Gasteiger partial charge on any atom is 0.410 e. The first-order valence-electron chi connectivity index (χ1n) is 12.4. The highest BCUT2D eigenvalue weighted by atomic mass is 16.6. The molecule has 3 aromatic carbocycles. The van der Waals surface area contributed by atoms with E-state index in [0.717, 1.165) is 28.3 Å². The highest BCUT2D eigenvalue weighted by molar-refractivity contribution is 5.85. The van der Waals surface area contributed by atoms with Gasteiger partial charge in [-0.05, 0) is 73.4 Å². The SMILES string of the molecule is COC(=O)C(Cc1ccc2ccc(C#N)cc2c1)c1ccc(O[C@H]2CCN(C(=O)OC(C)(C)C)C2)cc1. The number of amides is 1. The number of esters is 1. The van der Waals surface area contributed by atoms with Gasteiger partial charge in [0.2, 0.25) is 0 Å². The summed E-state index contributed by atoms with van der Waals surface area (Å²) in [6.45, 7) is 6.61. The van der Waals surface area contributed by atoms with Crippen LogP contribution in [0.5, 0.6) is 5.75 Å². The molecule has 192 valence electrons. The molecule has 1 aliphatic rings. The number of nitrogens with zero attached hydrogens (tertiary/aromatic N) is 2. The summed E-state index contributed by atoms with van der Waals surface area (Å²) in [5, 5.41) is 11.2. The summed E-state index contributed by atoms with van der Waals surface area (Å²) in [6.07, 6.45) is 0.743. The van der Waals surface area contributed by atoms with Gasteiger partial charge in [0.05, 0.1) is 31.2 Å². The van der Waals surface area contributed by atoms with E-state index in [0.29, 0.717) is 30.8 Å². The average molecular weight is 501 g/mol. The molecule has 0 spiro atoms. The van der Waals surface area contributed by atoms with Crippen molar-refractivity contribution in [2.24, 2.45) is 0 Å². The number of benzene rings is 3. The Bertz CT molecular complexity index is 1320. The Labute approximate surface area is 217 Å². The molecule has 1 fully saturated rings. The molecule has 0 aliphatic carbocycles. The van der Waals surface area contributed by atoms with Gasteiger partial charge in [-0.15, -0.1) is 0 Å². The van der Waals surface area contributed by atoms with Crippen molar-refractivity contribution >= 4 is 22.8 Å². The number of hydrogen-bond acceptors (Lipinski definition) is 6. The van der Waals surface area contributed by atoms with Gasteiger partial charge in [-0.2, -0.15) is 5.26 Å². The Balaban J connectivity index is 1.44. The second-order valence-corrected chi connectivity index (χ2v) is 10.3. The van der Waals surface area contributed by atoms with E-state index >= 15 is 0 Å². The van der Waals surface area contributed by atoms with Gasteiger partial charge in [0.15, 0.2) is 0 Å². The van der Waals surface area contributed by atoms with Crippen molar-refractivity contribution < 1.29 is 23.8 Å². The summed E-state index contributed by atoms with van der Waals surface area (Å²) < 4.78 is 16.7. The minimum atomic E-state index is -0.533. The summed E-state index contributed by atoms with van der Waals surface area (Å²) in [7, 11) is 1.39. The Morgan fingerprint density at radius 3 is 2.46 bits per heavy atom. The van der Waals surface area contributed by atoms with Crippen molar-refractivity contribution in [1.82, 2.24) is 4.90 Å². The van der Waals surface area contributed by atoms with Crippen LogP contribution in [-0.4, -0.2) is 48.9 Å². The highest BCUT2D eigenvalue weighted by Crippen LogP contribution is 2.28. The van der Waals surface area contributed by atoms with Gasteiger partial charge in [-0.25, -0.2) is 4.79 Å². The maximum absolute atomic E-state index is 12.7. The lowest BCUT2D eigenvalue weighted by atomic mass is 9.91. The Morgan fingerprint density at radius 2 is 1.78 bits per heavy atom. The molecule has 0 saturated carbocycles. The summed E-state index contributed by atoms with van der Waals surface area (Å²) in [5.74, 6) is -0.119. The monoisotopic (exact) mass is 500 g/mol. The lowest BCUT2D eigenvalue weighted by molar-refractivity contribution is -0.142. The smallest absolute Gasteiger partial charge is 0.410 e. The van der Waals surface area contributed by atoms with Crippen molar-refractivity contribution in [2.45, 2.75) is 51.2 Å². The summed E-state index contributed by atoms with van der Waals surface area (Å²) in [5.41, 5.74) is 1.87. The van der Waals surface area contributed by atoms with Crippen molar-refractivity contribution in [3.05, 3.63) is 77.4 Å². The lowest BCUT2D eigenvalue weighted by Crippen LogP contribution is -2.36. The third-order valence-electron chi connectivity index (χ3n) is 6.34. The van der Waals surface area contributed by atoms with Crippen LogP contribution in [0.25, 0.3) is 10.8 Å². The minimum absolute atomic E-state index is 0.120. The Morgan fingerprint density at radius 1 is 1.05 bits per heavy atom.